The number of ether oxygens (including phenoxy) is 4. The minimum absolute atomic E-state index is 0.138. The van der Waals surface area contributed by atoms with E-state index in [0.717, 1.165) is 12.8 Å². The molecule has 13 N–H and O–H groups in total. The van der Waals surface area contributed by atoms with Crippen molar-refractivity contribution < 1.29 is 84.7 Å². The van der Waals surface area contributed by atoms with Crippen LogP contribution in [-0.4, -0.2) is 166 Å². The third-order valence-corrected chi connectivity index (χ3v) is 12.2. The zero-order valence-electron chi connectivity index (χ0n) is 37.8. The molecule has 370 valence electrons. The number of aliphatic hydroxyl groups excluding tert-OH is 9. The molecule has 0 aromatic carbocycles. The highest BCUT2D eigenvalue weighted by molar-refractivity contribution is 5.71. The first-order chi connectivity index (χ1) is 30.6. The van der Waals surface area contributed by atoms with Crippen LogP contribution in [0.25, 0.3) is 0 Å². The number of esters is 1. The van der Waals surface area contributed by atoms with Crippen LogP contribution in [0.1, 0.15) is 91.9 Å². The van der Waals surface area contributed by atoms with Gasteiger partial charge in [-0.2, -0.15) is 0 Å². The Morgan fingerprint density at radius 2 is 1.28 bits per heavy atom. The summed E-state index contributed by atoms with van der Waals surface area (Å²) in [4.78, 5) is 25.1. The number of fused-ring (bicyclic) bond motifs is 2. The summed E-state index contributed by atoms with van der Waals surface area (Å²) in [6.45, 7) is 6.78. The van der Waals surface area contributed by atoms with E-state index in [-0.39, 0.29) is 38.0 Å². The molecule has 0 spiro atoms. The van der Waals surface area contributed by atoms with Gasteiger partial charge in [-0.25, -0.2) is 0 Å². The Bertz CT molecular complexity index is 1620. The molecule has 0 aromatic heterocycles. The number of aliphatic hydroxyl groups is 10. The molecule has 19 atom stereocenters. The average Bonchev–Trinajstić information content (AvgIpc) is 3.21. The number of aliphatic carboxylic acids is 1. The summed E-state index contributed by atoms with van der Waals surface area (Å²) in [6, 6.07) is -1.14. The average molecular weight is 926 g/mol. The zero-order valence-corrected chi connectivity index (χ0v) is 37.8. The number of nitrogens with two attached hydrogens (primary N) is 1. The second-order valence-corrected chi connectivity index (χ2v) is 17.8. The van der Waals surface area contributed by atoms with Crippen LogP contribution in [0.15, 0.2) is 72.9 Å². The van der Waals surface area contributed by atoms with Crippen LogP contribution in [0, 0.1) is 17.8 Å². The monoisotopic (exact) mass is 926 g/mol. The molecule has 3 heterocycles. The molecule has 3 aliphatic rings. The third kappa shape index (κ3) is 18.8. The maximum absolute atomic E-state index is 12.6. The summed E-state index contributed by atoms with van der Waals surface area (Å²) < 4.78 is 23.2. The number of carbonyl (C=O) groups is 2. The van der Waals surface area contributed by atoms with E-state index in [1.807, 2.05) is 49.5 Å². The molecule has 18 nitrogen and oxygen atoms in total. The summed E-state index contributed by atoms with van der Waals surface area (Å²) in [5.74, 6) is -6.82. The van der Waals surface area contributed by atoms with Gasteiger partial charge in [0.15, 0.2) is 12.1 Å². The topological polar surface area (TPSA) is 320 Å². The normalized spacial score (nSPS) is 45.2. The molecule has 1 unspecified atom stereocenters. The van der Waals surface area contributed by atoms with Gasteiger partial charge in [-0.05, 0) is 52.4 Å². The van der Waals surface area contributed by atoms with Crippen molar-refractivity contribution in [2.45, 2.75) is 189 Å². The molecule has 0 amide bonds. The van der Waals surface area contributed by atoms with Crippen LogP contribution in [0.3, 0.4) is 0 Å². The predicted octanol–water partition coefficient (Wildman–Crippen LogP) is 0.936. The maximum Gasteiger partial charge on any atom is 0.311 e. The lowest BCUT2D eigenvalue weighted by atomic mass is 9.82. The number of cyclic esters (lactones) is 1. The van der Waals surface area contributed by atoms with Crippen LogP contribution in [0.4, 0.5) is 0 Å². The van der Waals surface area contributed by atoms with Crippen molar-refractivity contribution in [3.63, 3.8) is 0 Å². The van der Waals surface area contributed by atoms with Crippen molar-refractivity contribution >= 4 is 11.9 Å². The van der Waals surface area contributed by atoms with Crippen LogP contribution in [0.5, 0.6) is 0 Å². The van der Waals surface area contributed by atoms with Crippen molar-refractivity contribution in [2.24, 2.45) is 23.5 Å². The molecule has 2 bridgehead atoms. The first-order valence-electron chi connectivity index (χ1n) is 22.6. The van der Waals surface area contributed by atoms with E-state index in [1.54, 1.807) is 38.2 Å². The van der Waals surface area contributed by atoms with Gasteiger partial charge in [0.25, 0.3) is 0 Å². The van der Waals surface area contributed by atoms with Crippen molar-refractivity contribution in [1.82, 2.24) is 0 Å². The first kappa shape index (κ1) is 56.1. The number of hydrogen-bond acceptors (Lipinski definition) is 17. The molecule has 0 aromatic rings. The summed E-state index contributed by atoms with van der Waals surface area (Å²) in [5, 5.41) is 118. The lowest BCUT2D eigenvalue weighted by Crippen LogP contribution is -2.61. The summed E-state index contributed by atoms with van der Waals surface area (Å²) in [7, 11) is 0. The summed E-state index contributed by atoms with van der Waals surface area (Å²) in [6.07, 6.45) is 2.28. The molecule has 3 aliphatic heterocycles. The fourth-order valence-corrected chi connectivity index (χ4v) is 8.11. The van der Waals surface area contributed by atoms with Crippen molar-refractivity contribution in [1.29, 1.82) is 0 Å². The smallest absolute Gasteiger partial charge is 0.311 e. The van der Waals surface area contributed by atoms with E-state index in [0.29, 0.717) is 0 Å². The van der Waals surface area contributed by atoms with Crippen LogP contribution >= 0.6 is 0 Å². The minimum atomic E-state index is -2.35. The lowest BCUT2D eigenvalue weighted by molar-refractivity contribution is -0.310. The Balaban J connectivity index is 1.84. The minimum Gasteiger partial charge on any atom is -0.481 e. The Hall–Kier alpha value is -3.18. The Morgan fingerprint density at radius 3 is 1.94 bits per heavy atom. The number of allylic oxidation sites excluding steroid dienone is 10. The number of rotatable bonds is 3. The van der Waals surface area contributed by atoms with Gasteiger partial charge < -0.3 is 80.9 Å². The molecule has 2 saturated heterocycles. The molecule has 65 heavy (non-hydrogen) atoms. The number of carboxylic acid groups (broad SMARTS) is 1. The van der Waals surface area contributed by atoms with Gasteiger partial charge in [-0.3, -0.25) is 9.59 Å². The van der Waals surface area contributed by atoms with Gasteiger partial charge in [-0.15, -0.1) is 0 Å². The first-order valence-corrected chi connectivity index (χ1v) is 22.6. The predicted molar refractivity (Wildman–Crippen MR) is 237 cm³/mol. The van der Waals surface area contributed by atoms with E-state index in [2.05, 4.69) is 0 Å². The fraction of sp³-hybridized carbons (Fsp3) is 0.702. The van der Waals surface area contributed by atoms with E-state index < -0.39 is 141 Å². The highest BCUT2D eigenvalue weighted by atomic mass is 16.7. The zero-order chi connectivity index (χ0) is 48.4. The molecular formula is C47H75NO17. The van der Waals surface area contributed by atoms with Crippen molar-refractivity contribution in [2.75, 3.05) is 0 Å². The molecule has 0 radical (unpaired) electrons. The van der Waals surface area contributed by atoms with Gasteiger partial charge in [0.1, 0.15) is 18.1 Å². The SMILES string of the molecule is C[C@@H]1[C@H](O)[C@@H](C)/C=C/C=C/CC/C=C/C=C/C=C/C=C/[C@H](OC2O[C@H](C)[C@@H](O)[C@H](N)[C@@H]2O)C[C@@H]2O[C@](O)(C[C@@H](O)[C@H](O)CC[C@@H](O)C[C@@H](O)C[C@@H](O)CC(=O)O[C@H]1C)C[C@H](O)[C@H]2C(=O)O. The maximum atomic E-state index is 12.6. The number of carboxylic acids is 1. The summed E-state index contributed by atoms with van der Waals surface area (Å²) >= 11 is 0. The standard InChI is InChI=1S/C47H75NO17/c1-27-17-15-13-11-9-7-5-6-8-10-12-14-16-18-34(64-46-44(58)41(48)43(57)30(4)63-46)24-38-40(45(59)60)37(54)26-47(61,65-38)25-36(53)35(52)20-19-31(49)21-32(50)22-33(51)23-39(55)62-29(3)28(2)42(27)56/h5-6,8,10-18,27-38,40-44,46,49-54,56-58,61H,7,9,19-26,48H2,1-4H3,(H,59,60)/b6-5+,10-8+,13-11+,14-12+,17-15+,18-16+/t27-,28-,29-,30+,31+,32+,33+,34-,35+,36+,37-,38-,40+,41-,42+,43+,44-,46?,47+/m0/s1. The Labute approximate surface area is 381 Å². The fourth-order valence-electron chi connectivity index (χ4n) is 8.11. The van der Waals surface area contributed by atoms with Gasteiger partial charge in [0.05, 0.1) is 79.6 Å². The number of carbonyl (C=O) groups excluding carboxylic acids is 1. The third-order valence-electron chi connectivity index (χ3n) is 12.2. The quantitative estimate of drug-likeness (QED) is 0.175. The van der Waals surface area contributed by atoms with Gasteiger partial charge >= 0.3 is 11.9 Å². The molecule has 3 rings (SSSR count). The molecule has 2 fully saturated rings. The van der Waals surface area contributed by atoms with Crippen molar-refractivity contribution in [3.05, 3.63) is 72.9 Å². The van der Waals surface area contributed by atoms with Crippen LogP contribution in [-0.2, 0) is 28.5 Å². The van der Waals surface area contributed by atoms with Gasteiger partial charge in [0.2, 0.25) is 0 Å². The van der Waals surface area contributed by atoms with E-state index in [9.17, 15) is 65.8 Å². The largest absolute Gasteiger partial charge is 0.481 e. The van der Waals surface area contributed by atoms with Crippen LogP contribution < -0.4 is 5.73 Å². The van der Waals surface area contributed by atoms with Crippen molar-refractivity contribution in [3.8, 4) is 0 Å². The summed E-state index contributed by atoms with van der Waals surface area (Å²) in [5.41, 5.74) is 6.02. The second-order valence-electron chi connectivity index (χ2n) is 17.8. The second kappa shape index (κ2) is 27.6. The molecule has 0 saturated carbocycles. The van der Waals surface area contributed by atoms with E-state index in [4.69, 9.17) is 24.7 Å². The highest BCUT2D eigenvalue weighted by Crippen LogP contribution is 2.38. The van der Waals surface area contributed by atoms with Crippen LogP contribution in [0.2, 0.25) is 0 Å². The Kier molecular flexibility index (Phi) is 23.8. The van der Waals surface area contributed by atoms with Gasteiger partial charge in [-0.1, -0.05) is 86.8 Å². The van der Waals surface area contributed by atoms with E-state index >= 15 is 0 Å². The molecule has 18 heteroatoms. The van der Waals surface area contributed by atoms with Gasteiger partial charge in [0, 0.05) is 31.1 Å². The molecule has 0 aliphatic carbocycles. The lowest BCUT2D eigenvalue weighted by Gasteiger charge is -2.45. The Morgan fingerprint density at radius 1 is 0.692 bits per heavy atom. The highest BCUT2D eigenvalue weighted by Gasteiger charge is 2.51. The number of hydrogen-bond donors (Lipinski definition) is 12. The van der Waals surface area contributed by atoms with E-state index in [1.165, 1.54) is 13.0 Å². The molecular weight excluding hydrogens is 851 g/mol.